The van der Waals surface area contributed by atoms with Crippen molar-refractivity contribution >= 4 is 38.4 Å². The monoisotopic (exact) mass is 355 g/mol. The van der Waals surface area contributed by atoms with Crippen LogP contribution < -0.4 is 11.0 Å². The second-order valence-corrected chi connectivity index (χ2v) is 7.23. The van der Waals surface area contributed by atoms with Crippen LogP contribution in [-0.2, 0) is 0 Å². The maximum Gasteiger partial charge on any atom is 0.265 e. The van der Waals surface area contributed by atoms with Crippen molar-refractivity contribution in [3.05, 3.63) is 79.9 Å². The molecule has 0 aliphatic carbocycles. The second-order valence-electron chi connectivity index (χ2n) is 7.23. The van der Waals surface area contributed by atoms with Crippen molar-refractivity contribution in [1.82, 2.24) is 14.4 Å². The van der Waals surface area contributed by atoms with Crippen LogP contribution in [0.3, 0.4) is 0 Å². The molecule has 0 aliphatic rings. The van der Waals surface area contributed by atoms with E-state index in [0.717, 1.165) is 22.2 Å². The van der Waals surface area contributed by atoms with Gasteiger partial charge in [0.25, 0.3) is 5.56 Å². The summed E-state index contributed by atoms with van der Waals surface area (Å²) in [7, 11) is 0. The fourth-order valence-electron chi connectivity index (χ4n) is 3.90. The minimum absolute atomic E-state index is 0.0379. The van der Waals surface area contributed by atoms with E-state index < -0.39 is 0 Å². The normalized spacial score (nSPS) is 11.8. The number of hydrogen-bond acceptors (Lipinski definition) is 3. The summed E-state index contributed by atoms with van der Waals surface area (Å²) < 4.78 is 1.55. The Morgan fingerprint density at radius 2 is 1.70 bits per heavy atom. The van der Waals surface area contributed by atoms with Crippen LogP contribution in [0.5, 0.6) is 0 Å². The van der Waals surface area contributed by atoms with Crippen molar-refractivity contribution in [3.8, 4) is 0 Å². The average molecular weight is 355 g/mol. The summed E-state index contributed by atoms with van der Waals surface area (Å²) in [6, 6.07) is 11.2. The highest BCUT2D eigenvalue weighted by molar-refractivity contribution is 6.00. The van der Waals surface area contributed by atoms with E-state index in [4.69, 9.17) is 0 Å². The summed E-state index contributed by atoms with van der Waals surface area (Å²) in [5.74, 6) is 0. The van der Waals surface area contributed by atoms with Crippen molar-refractivity contribution in [2.75, 3.05) is 0 Å². The summed E-state index contributed by atoms with van der Waals surface area (Å²) in [6.07, 6.45) is 1.78. The standard InChI is InChI=1S/C22H17N3O2/c1-11-4-5-19-24-17-8-14-16(9-15(17)22(27)25(19)10-11)23-18-7-12(2)6-13(3)20(18)21(14)26/h4-10H,1-3H3,(H,23,26). The molecule has 3 aromatic heterocycles. The predicted molar refractivity (Wildman–Crippen MR) is 109 cm³/mol. The highest BCUT2D eigenvalue weighted by Crippen LogP contribution is 2.22. The van der Waals surface area contributed by atoms with E-state index in [2.05, 4.69) is 9.97 Å². The molecule has 132 valence electrons. The van der Waals surface area contributed by atoms with Gasteiger partial charge in [0, 0.05) is 17.0 Å². The number of aromatic nitrogens is 3. The summed E-state index contributed by atoms with van der Waals surface area (Å²) in [5, 5.41) is 1.72. The van der Waals surface area contributed by atoms with E-state index in [-0.39, 0.29) is 11.0 Å². The molecular weight excluding hydrogens is 338 g/mol. The number of aryl methyl sites for hydroxylation is 3. The Labute approximate surface area is 153 Å². The molecule has 0 amide bonds. The van der Waals surface area contributed by atoms with Gasteiger partial charge in [-0.3, -0.25) is 14.0 Å². The second kappa shape index (κ2) is 5.27. The van der Waals surface area contributed by atoms with Crippen LogP contribution in [-0.4, -0.2) is 14.4 Å². The zero-order valence-electron chi connectivity index (χ0n) is 15.3. The van der Waals surface area contributed by atoms with Gasteiger partial charge in [0.15, 0.2) is 5.43 Å². The fraction of sp³-hybridized carbons (Fsp3) is 0.136. The van der Waals surface area contributed by atoms with Gasteiger partial charge in [-0.15, -0.1) is 0 Å². The maximum absolute atomic E-state index is 13.1. The lowest BCUT2D eigenvalue weighted by Gasteiger charge is -2.09. The molecule has 27 heavy (non-hydrogen) atoms. The highest BCUT2D eigenvalue weighted by atomic mass is 16.1. The maximum atomic E-state index is 13.1. The highest BCUT2D eigenvalue weighted by Gasteiger charge is 2.12. The van der Waals surface area contributed by atoms with Crippen LogP contribution in [0, 0.1) is 20.8 Å². The molecule has 3 heterocycles. The Bertz CT molecular complexity index is 1540. The smallest absolute Gasteiger partial charge is 0.265 e. The number of fused-ring (bicyclic) bond motifs is 4. The Hall–Kier alpha value is -3.47. The lowest BCUT2D eigenvalue weighted by molar-refractivity contribution is 1.06. The Morgan fingerprint density at radius 3 is 2.52 bits per heavy atom. The van der Waals surface area contributed by atoms with Crippen molar-refractivity contribution in [3.63, 3.8) is 0 Å². The minimum Gasteiger partial charge on any atom is -0.354 e. The first-order valence-electron chi connectivity index (χ1n) is 8.82. The molecule has 0 saturated heterocycles. The number of H-pyrrole nitrogens is 1. The molecule has 0 fully saturated rings. The van der Waals surface area contributed by atoms with Crippen molar-refractivity contribution < 1.29 is 0 Å². The van der Waals surface area contributed by atoms with Crippen LogP contribution in [0.25, 0.3) is 38.4 Å². The quantitative estimate of drug-likeness (QED) is 0.430. The van der Waals surface area contributed by atoms with Crippen LogP contribution >= 0.6 is 0 Å². The number of pyridine rings is 2. The number of nitrogens with zero attached hydrogens (tertiary/aromatic N) is 2. The van der Waals surface area contributed by atoms with E-state index in [9.17, 15) is 9.59 Å². The van der Waals surface area contributed by atoms with Crippen LogP contribution in [0.1, 0.15) is 16.7 Å². The first-order valence-corrected chi connectivity index (χ1v) is 8.82. The number of nitrogens with one attached hydrogen (secondary N) is 1. The van der Waals surface area contributed by atoms with Gasteiger partial charge in [0.1, 0.15) is 5.65 Å². The largest absolute Gasteiger partial charge is 0.354 e. The first kappa shape index (κ1) is 15.8. The molecule has 5 nitrogen and oxygen atoms in total. The van der Waals surface area contributed by atoms with Crippen molar-refractivity contribution in [2.24, 2.45) is 0 Å². The van der Waals surface area contributed by atoms with E-state index in [1.54, 1.807) is 22.7 Å². The van der Waals surface area contributed by atoms with E-state index in [0.29, 0.717) is 32.8 Å². The molecular formula is C22H17N3O2. The van der Waals surface area contributed by atoms with E-state index in [1.165, 1.54) is 0 Å². The fourth-order valence-corrected chi connectivity index (χ4v) is 3.90. The molecule has 0 saturated carbocycles. The van der Waals surface area contributed by atoms with Crippen LogP contribution in [0.4, 0.5) is 0 Å². The van der Waals surface area contributed by atoms with Crippen LogP contribution in [0.2, 0.25) is 0 Å². The molecule has 5 rings (SSSR count). The molecule has 0 spiro atoms. The molecule has 5 heteroatoms. The summed E-state index contributed by atoms with van der Waals surface area (Å²) in [6.45, 7) is 5.88. The van der Waals surface area contributed by atoms with Gasteiger partial charge < -0.3 is 4.98 Å². The molecule has 0 bridgehead atoms. The third-order valence-corrected chi connectivity index (χ3v) is 5.12. The van der Waals surface area contributed by atoms with E-state index in [1.807, 2.05) is 45.0 Å². The number of hydrogen-bond donors (Lipinski definition) is 1. The topological polar surface area (TPSA) is 67.2 Å². The van der Waals surface area contributed by atoms with Gasteiger partial charge in [-0.1, -0.05) is 12.1 Å². The molecule has 0 atom stereocenters. The first-order chi connectivity index (χ1) is 12.9. The number of benzene rings is 2. The lowest BCUT2D eigenvalue weighted by atomic mass is 10.0. The third-order valence-electron chi connectivity index (χ3n) is 5.12. The Morgan fingerprint density at radius 1 is 0.889 bits per heavy atom. The minimum atomic E-state index is -0.137. The lowest BCUT2D eigenvalue weighted by Crippen LogP contribution is -2.16. The zero-order valence-corrected chi connectivity index (χ0v) is 15.3. The third kappa shape index (κ3) is 2.21. The van der Waals surface area contributed by atoms with Gasteiger partial charge in [-0.2, -0.15) is 0 Å². The molecule has 0 unspecified atom stereocenters. The van der Waals surface area contributed by atoms with Crippen molar-refractivity contribution in [2.45, 2.75) is 20.8 Å². The molecule has 1 N–H and O–H groups in total. The Balaban J connectivity index is 2.01. The van der Waals surface area contributed by atoms with Gasteiger partial charge in [0.2, 0.25) is 0 Å². The summed E-state index contributed by atoms with van der Waals surface area (Å²) in [4.78, 5) is 34.0. The molecule has 2 aromatic carbocycles. The molecule has 0 aliphatic heterocycles. The average Bonchev–Trinajstić information content (AvgIpc) is 2.61. The number of rotatable bonds is 0. The van der Waals surface area contributed by atoms with Gasteiger partial charge in [0.05, 0.1) is 21.9 Å². The zero-order chi connectivity index (χ0) is 18.9. The summed E-state index contributed by atoms with van der Waals surface area (Å²) >= 11 is 0. The van der Waals surface area contributed by atoms with Crippen LogP contribution in [0.15, 0.2) is 52.2 Å². The SMILES string of the molecule is Cc1cc(C)c2c(=O)c3cc4nc5ccc(C)cn5c(=O)c4cc3[nH]c2c1. The predicted octanol–water partition coefficient (Wildman–Crippen LogP) is 3.77. The number of aromatic amines is 1. The molecule has 0 radical (unpaired) electrons. The van der Waals surface area contributed by atoms with Gasteiger partial charge >= 0.3 is 0 Å². The summed E-state index contributed by atoms with van der Waals surface area (Å²) in [5.41, 5.74) is 5.37. The molecule has 5 aromatic rings. The Kier molecular flexibility index (Phi) is 3.07. The van der Waals surface area contributed by atoms with Gasteiger partial charge in [-0.05, 0) is 61.7 Å². The van der Waals surface area contributed by atoms with Crippen molar-refractivity contribution in [1.29, 1.82) is 0 Å². The van der Waals surface area contributed by atoms with E-state index >= 15 is 0 Å². The van der Waals surface area contributed by atoms with Gasteiger partial charge in [-0.25, -0.2) is 4.98 Å².